The number of pyridine rings is 1. The molecule has 2 amide bonds. The number of amides is 2. The van der Waals surface area contributed by atoms with Crippen LogP contribution in [0.3, 0.4) is 0 Å². The molecule has 0 bridgehead atoms. The minimum atomic E-state index is -1.12. The maximum Gasteiger partial charge on any atom is 0.326 e. The number of aryl methyl sites for hydroxylation is 3. The summed E-state index contributed by atoms with van der Waals surface area (Å²) in [7, 11) is 0. The molecule has 0 saturated carbocycles. The highest BCUT2D eigenvalue weighted by atomic mass is 16.4. The second-order valence-electron chi connectivity index (χ2n) is 11.0. The second kappa shape index (κ2) is 12.9. The van der Waals surface area contributed by atoms with E-state index in [1.807, 2.05) is 80.1 Å². The van der Waals surface area contributed by atoms with Crippen LogP contribution in [0.15, 0.2) is 73.4 Å². The number of aromatic nitrogens is 3. The first-order valence-corrected chi connectivity index (χ1v) is 14.4. The summed E-state index contributed by atoms with van der Waals surface area (Å²) in [6.45, 7) is 7.05. The standard InChI is InChI=1S/C33H36N6O4/c1-4-25-17-27(38-12-11-34-20-38)14-22(3)31(25)32(41)37-28(33(42)43)15-23-5-7-26(8-6-23)39-19-24(16-30(39)40)18-36-29-13-21(2)9-10-35-29/h5-14,17,20,24,28H,4,15-16,18-19H2,1-3H3,(H,35,36)(H,37,41)(H,42,43). The van der Waals surface area contributed by atoms with Crippen molar-refractivity contribution in [3.05, 3.63) is 101 Å². The van der Waals surface area contributed by atoms with Crippen molar-refractivity contribution in [3.63, 3.8) is 0 Å². The van der Waals surface area contributed by atoms with Crippen molar-refractivity contribution in [2.24, 2.45) is 5.92 Å². The Labute approximate surface area is 250 Å². The Kier molecular flexibility index (Phi) is 8.85. The molecule has 0 aliphatic carbocycles. The van der Waals surface area contributed by atoms with Gasteiger partial charge >= 0.3 is 5.97 Å². The number of nitrogens with one attached hydrogen (secondary N) is 2. The lowest BCUT2D eigenvalue weighted by atomic mass is 9.97. The van der Waals surface area contributed by atoms with Crippen molar-refractivity contribution in [2.45, 2.75) is 46.1 Å². The maximum absolute atomic E-state index is 13.4. The zero-order valence-electron chi connectivity index (χ0n) is 24.6. The molecule has 1 aliphatic rings. The molecule has 3 N–H and O–H groups in total. The van der Waals surface area contributed by atoms with Crippen molar-refractivity contribution in [3.8, 4) is 5.69 Å². The normalized spacial score (nSPS) is 15.4. The molecule has 1 saturated heterocycles. The monoisotopic (exact) mass is 580 g/mol. The fourth-order valence-corrected chi connectivity index (χ4v) is 5.53. The highest BCUT2D eigenvalue weighted by Gasteiger charge is 2.31. The van der Waals surface area contributed by atoms with Crippen LogP contribution in [0.1, 0.15) is 46.0 Å². The Morgan fingerprint density at radius 1 is 1.07 bits per heavy atom. The third kappa shape index (κ3) is 6.91. The molecule has 2 aromatic carbocycles. The number of nitrogens with zero attached hydrogens (tertiary/aromatic N) is 4. The van der Waals surface area contributed by atoms with Gasteiger partial charge < -0.3 is 25.2 Å². The van der Waals surface area contributed by atoms with Gasteiger partial charge in [0, 0.05) is 67.4 Å². The first kappa shape index (κ1) is 29.5. The third-order valence-electron chi connectivity index (χ3n) is 7.80. The molecule has 10 nitrogen and oxygen atoms in total. The van der Waals surface area contributed by atoms with Crippen LogP contribution >= 0.6 is 0 Å². The quantitative estimate of drug-likeness (QED) is 0.241. The van der Waals surface area contributed by atoms with Crippen molar-refractivity contribution >= 4 is 29.3 Å². The molecule has 2 aromatic heterocycles. The zero-order valence-corrected chi connectivity index (χ0v) is 24.6. The average molecular weight is 581 g/mol. The van der Waals surface area contributed by atoms with Crippen LogP contribution in [0.25, 0.3) is 5.69 Å². The molecule has 10 heteroatoms. The number of anilines is 2. The highest BCUT2D eigenvalue weighted by molar-refractivity contribution is 5.99. The predicted octanol–water partition coefficient (Wildman–Crippen LogP) is 4.34. The van der Waals surface area contributed by atoms with Crippen molar-refractivity contribution < 1.29 is 19.5 Å². The second-order valence-corrected chi connectivity index (χ2v) is 11.0. The van der Waals surface area contributed by atoms with Crippen LogP contribution in [0.4, 0.5) is 11.5 Å². The van der Waals surface area contributed by atoms with Crippen molar-refractivity contribution in [1.82, 2.24) is 19.9 Å². The number of hydrogen-bond acceptors (Lipinski definition) is 6. The van der Waals surface area contributed by atoms with Gasteiger partial charge in [-0.3, -0.25) is 9.59 Å². The Hall–Kier alpha value is -4.99. The largest absolute Gasteiger partial charge is 0.480 e. The van der Waals surface area contributed by atoms with Gasteiger partial charge in [-0.15, -0.1) is 0 Å². The van der Waals surface area contributed by atoms with Gasteiger partial charge in [0.2, 0.25) is 5.91 Å². The van der Waals surface area contributed by atoms with Gasteiger partial charge in [0.1, 0.15) is 11.9 Å². The molecule has 1 aliphatic heterocycles. The van der Waals surface area contributed by atoms with Gasteiger partial charge in [0.05, 0.1) is 6.33 Å². The van der Waals surface area contributed by atoms with Gasteiger partial charge in [0.25, 0.3) is 5.91 Å². The molecule has 4 aromatic rings. The fraction of sp³-hybridized carbons (Fsp3) is 0.303. The molecule has 2 atom stereocenters. The maximum atomic E-state index is 13.4. The molecule has 5 rings (SSSR count). The topological polar surface area (TPSA) is 129 Å². The number of carboxylic acid groups (broad SMARTS) is 1. The SMILES string of the molecule is CCc1cc(-n2ccnc2)cc(C)c1C(=O)NC(Cc1ccc(N2CC(CNc3cc(C)ccn3)CC2=O)cc1)C(=O)O. The van der Waals surface area contributed by atoms with Crippen LogP contribution in [-0.2, 0) is 22.4 Å². The van der Waals surface area contributed by atoms with Crippen LogP contribution < -0.4 is 15.5 Å². The summed E-state index contributed by atoms with van der Waals surface area (Å²) in [5.74, 6) is -0.543. The summed E-state index contributed by atoms with van der Waals surface area (Å²) in [6.07, 6.45) is 8.14. The highest BCUT2D eigenvalue weighted by Crippen LogP contribution is 2.26. The minimum Gasteiger partial charge on any atom is -0.480 e. The van der Waals surface area contributed by atoms with E-state index in [1.165, 1.54) is 0 Å². The summed E-state index contributed by atoms with van der Waals surface area (Å²) < 4.78 is 1.87. The van der Waals surface area contributed by atoms with E-state index in [1.54, 1.807) is 23.6 Å². The predicted molar refractivity (Wildman–Crippen MR) is 165 cm³/mol. The van der Waals surface area contributed by atoms with Crippen LogP contribution in [-0.4, -0.2) is 56.6 Å². The number of imidazole rings is 1. The first-order chi connectivity index (χ1) is 20.7. The lowest BCUT2D eigenvalue weighted by molar-refractivity contribution is -0.139. The molecule has 3 heterocycles. The minimum absolute atomic E-state index is 0.0496. The van der Waals surface area contributed by atoms with Gasteiger partial charge in [-0.05, 0) is 78.9 Å². The van der Waals surface area contributed by atoms with Gasteiger partial charge in [-0.1, -0.05) is 19.1 Å². The van der Waals surface area contributed by atoms with Crippen LogP contribution in [0.2, 0.25) is 0 Å². The van der Waals surface area contributed by atoms with Gasteiger partial charge in [-0.25, -0.2) is 14.8 Å². The van der Waals surface area contributed by atoms with E-state index in [2.05, 4.69) is 20.6 Å². The van der Waals surface area contributed by atoms with Gasteiger partial charge in [-0.2, -0.15) is 0 Å². The van der Waals surface area contributed by atoms with Crippen LogP contribution in [0, 0.1) is 19.8 Å². The summed E-state index contributed by atoms with van der Waals surface area (Å²) in [5.41, 5.74) is 5.59. The zero-order chi connectivity index (χ0) is 30.5. The third-order valence-corrected chi connectivity index (χ3v) is 7.80. The smallest absolute Gasteiger partial charge is 0.326 e. The number of hydrogen-bond donors (Lipinski definition) is 3. The van der Waals surface area contributed by atoms with Crippen molar-refractivity contribution in [1.29, 1.82) is 0 Å². The molecule has 222 valence electrons. The van der Waals surface area contributed by atoms with E-state index >= 15 is 0 Å². The number of carbonyl (C=O) groups is 3. The lowest BCUT2D eigenvalue weighted by Gasteiger charge is -2.20. The summed E-state index contributed by atoms with van der Waals surface area (Å²) in [4.78, 5) is 48.5. The molecule has 1 fully saturated rings. The molecular formula is C33H36N6O4. The van der Waals surface area contributed by atoms with Gasteiger partial charge in [0.15, 0.2) is 0 Å². The molecule has 2 unspecified atom stereocenters. The van der Waals surface area contributed by atoms with Crippen LogP contribution in [0.5, 0.6) is 0 Å². The van der Waals surface area contributed by atoms with E-state index in [9.17, 15) is 19.5 Å². The Bertz CT molecular complexity index is 1620. The number of benzene rings is 2. The summed E-state index contributed by atoms with van der Waals surface area (Å²) in [6, 6.07) is 13.9. The molecule has 0 spiro atoms. The lowest BCUT2D eigenvalue weighted by Crippen LogP contribution is -2.42. The molecular weight excluding hydrogens is 544 g/mol. The molecule has 43 heavy (non-hydrogen) atoms. The average Bonchev–Trinajstić information content (AvgIpc) is 3.66. The fourth-order valence-electron chi connectivity index (χ4n) is 5.53. The van der Waals surface area contributed by atoms with E-state index < -0.39 is 17.9 Å². The number of rotatable bonds is 11. The number of aliphatic carboxylic acids is 1. The number of carbonyl (C=O) groups excluding carboxylic acids is 2. The number of carboxylic acids is 1. The van der Waals surface area contributed by atoms with E-state index in [4.69, 9.17) is 0 Å². The van der Waals surface area contributed by atoms with E-state index in [-0.39, 0.29) is 18.2 Å². The van der Waals surface area contributed by atoms with E-state index in [0.717, 1.165) is 39.4 Å². The summed E-state index contributed by atoms with van der Waals surface area (Å²) in [5, 5.41) is 16.0. The Morgan fingerprint density at radius 3 is 2.53 bits per heavy atom. The Balaban J connectivity index is 1.22. The summed E-state index contributed by atoms with van der Waals surface area (Å²) >= 11 is 0. The van der Waals surface area contributed by atoms with Crippen molar-refractivity contribution in [2.75, 3.05) is 23.3 Å². The first-order valence-electron chi connectivity index (χ1n) is 14.4. The molecule has 0 radical (unpaired) electrons. The van der Waals surface area contributed by atoms with E-state index in [0.29, 0.717) is 31.5 Å². The Morgan fingerprint density at radius 2 is 1.86 bits per heavy atom.